The molecule has 2 heterocycles. The molecule has 0 amide bonds. The molecule has 1 aromatic rings. The van der Waals surface area contributed by atoms with E-state index in [1.807, 2.05) is 6.92 Å². The van der Waals surface area contributed by atoms with Crippen LogP contribution in [0.25, 0.3) is 0 Å². The molecule has 1 fully saturated rings. The Hall–Kier alpha value is -0.890. The summed E-state index contributed by atoms with van der Waals surface area (Å²) < 4.78 is 33.3. The van der Waals surface area contributed by atoms with Crippen molar-refractivity contribution in [1.29, 1.82) is 0 Å². The van der Waals surface area contributed by atoms with Crippen molar-refractivity contribution in [2.45, 2.75) is 37.4 Å². The SMILES string of the molecule is CCn1cc(S(=O)(=O)N(C)C2CCOC2)cc1CO. The van der Waals surface area contributed by atoms with Gasteiger partial charge in [-0.2, -0.15) is 4.31 Å². The highest BCUT2D eigenvalue weighted by atomic mass is 32.2. The third kappa shape index (κ3) is 2.69. The Balaban J connectivity index is 2.30. The Kier molecular flexibility index (Phi) is 4.29. The first-order chi connectivity index (χ1) is 9.00. The number of aliphatic hydroxyl groups excluding tert-OH is 1. The summed E-state index contributed by atoms with van der Waals surface area (Å²) in [5.41, 5.74) is 0.608. The van der Waals surface area contributed by atoms with Gasteiger partial charge in [-0.15, -0.1) is 0 Å². The number of likely N-dealkylation sites (N-methyl/N-ethyl adjacent to an activating group) is 1. The molecule has 2 rings (SSSR count). The lowest BCUT2D eigenvalue weighted by Gasteiger charge is -2.21. The smallest absolute Gasteiger partial charge is 0.244 e. The lowest BCUT2D eigenvalue weighted by Crippen LogP contribution is -2.37. The van der Waals surface area contributed by atoms with Crippen LogP contribution in [0.15, 0.2) is 17.2 Å². The van der Waals surface area contributed by atoms with Crippen LogP contribution >= 0.6 is 0 Å². The Morgan fingerprint density at radius 1 is 1.58 bits per heavy atom. The zero-order valence-corrected chi connectivity index (χ0v) is 12.1. The van der Waals surface area contributed by atoms with E-state index in [1.54, 1.807) is 17.8 Å². The molecule has 6 nitrogen and oxygen atoms in total. The maximum Gasteiger partial charge on any atom is 0.244 e. The number of aromatic nitrogens is 1. The van der Waals surface area contributed by atoms with Crippen LogP contribution < -0.4 is 0 Å². The molecule has 1 aliphatic rings. The average Bonchev–Trinajstić information content (AvgIpc) is 3.06. The number of nitrogens with zero attached hydrogens (tertiary/aromatic N) is 2. The number of rotatable bonds is 5. The molecule has 108 valence electrons. The van der Waals surface area contributed by atoms with Crippen molar-refractivity contribution in [3.63, 3.8) is 0 Å². The number of hydrogen-bond acceptors (Lipinski definition) is 4. The van der Waals surface area contributed by atoms with E-state index in [-0.39, 0.29) is 17.5 Å². The van der Waals surface area contributed by atoms with Gasteiger partial charge in [0.25, 0.3) is 0 Å². The van der Waals surface area contributed by atoms with Crippen LogP contribution in [0.4, 0.5) is 0 Å². The molecule has 1 aliphatic heterocycles. The van der Waals surface area contributed by atoms with Gasteiger partial charge in [0.15, 0.2) is 0 Å². The standard InChI is InChI=1S/C12H20N2O4S/c1-3-14-7-12(6-11(14)8-15)19(16,17)13(2)10-4-5-18-9-10/h6-7,10,15H,3-5,8-9H2,1-2H3. The average molecular weight is 288 g/mol. The molecule has 1 unspecified atom stereocenters. The Labute approximate surface area is 113 Å². The summed E-state index contributed by atoms with van der Waals surface area (Å²) in [6.07, 6.45) is 2.30. The van der Waals surface area contributed by atoms with E-state index in [9.17, 15) is 13.5 Å². The van der Waals surface area contributed by atoms with Crippen LogP contribution in [0.2, 0.25) is 0 Å². The van der Waals surface area contributed by atoms with Crippen molar-refractivity contribution in [2.24, 2.45) is 0 Å². The monoisotopic (exact) mass is 288 g/mol. The number of sulfonamides is 1. The lowest BCUT2D eigenvalue weighted by atomic mass is 10.3. The summed E-state index contributed by atoms with van der Waals surface area (Å²) in [7, 11) is -1.94. The zero-order valence-electron chi connectivity index (χ0n) is 11.2. The normalized spacial score (nSPS) is 20.3. The van der Waals surface area contributed by atoms with E-state index < -0.39 is 10.0 Å². The number of aliphatic hydroxyl groups is 1. The summed E-state index contributed by atoms with van der Waals surface area (Å²) in [4.78, 5) is 0.229. The third-order valence-corrected chi connectivity index (χ3v) is 5.44. The quantitative estimate of drug-likeness (QED) is 0.852. The van der Waals surface area contributed by atoms with Gasteiger partial charge >= 0.3 is 0 Å². The van der Waals surface area contributed by atoms with Crippen molar-refractivity contribution in [2.75, 3.05) is 20.3 Å². The molecule has 1 atom stereocenters. The minimum atomic E-state index is -3.52. The molecule has 1 aromatic heterocycles. The van der Waals surface area contributed by atoms with Gasteiger partial charge in [0.2, 0.25) is 10.0 Å². The van der Waals surface area contributed by atoms with Gasteiger partial charge in [-0.3, -0.25) is 0 Å². The van der Waals surface area contributed by atoms with E-state index in [4.69, 9.17) is 4.74 Å². The molecule has 1 saturated heterocycles. The van der Waals surface area contributed by atoms with E-state index in [0.717, 1.165) is 6.42 Å². The van der Waals surface area contributed by atoms with Crippen molar-refractivity contribution in [3.8, 4) is 0 Å². The minimum absolute atomic E-state index is 0.104. The second-order valence-corrected chi connectivity index (χ2v) is 6.65. The summed E-state index contributed by atoms with van der Waals surface area (Å²) in [5.74, 6) is 0. The lowest BCUT2D eigenvalue weighted by molar-refractivity contribution is 0.181. The van der Waals surface area contributed by atoms with E-state index >= 15 is 0 Å². The van der Waals surface area contributed by atoms with Crippen LogP contribution in [0.1, 0.15) is 19.0 Å². The molecule has 1 N–H and O–H groups in total. The van der Waals surface area contributed by atoms with Crippen LogP contribution in [-0.2, 0) is 27.9 Å². The molecular formula is C12H20N2O4S. The maximum atomic E-state index is 12.5. The van der Waals surface area contributed by atoms with Gasteiger partial charge in [-0.1, -0.05) is 0 Å². The van der Waals surface area contributed by atoms with Gasteiger partial charge in [0.05, 0.1) is 19.3 Å². The van der Waals surface area contributed by atoms with Crippen molar-refractivity contribution < 1.29 is 18.3 Å². The summed E-state index contributed by atoms with van der Waals surface area (Å²) in [6, 6.07) is 1.43. The predicted molar refractivity (Wildman–Crippen MR) is 70.2 cm³/mol. The second-order valence-electron chi connectivity index (χ2n) is 4.65. The third-order valence-electron chi connectivity index (χ3n) is 3.56. The number of aryl methyl sites for hydroxylation is 1. The van der Waals surface area contributed by atoms with Crippen molar-refractivity contribution in [1.82, 2.24) is 8.87 Å². The van der Waals surface area contributed by atoms with Crippen molar-refractivity contribution in [3.05, 3.63) is 18.0 Å². The predicted octanol–water partition coefficient (Wildman–Crippen LogP) is 0.410. The zero-order chi connectivity index (χ0) is 14.0. The molecule has 0 spiro atoms. The van der Waals surface area contributed by atoms with E-state index in [1.165, 1.54) is 10.4 Å². The second kappa shape index (κ2) is 5.62. The highest BCUT2D eigenvalue weighted by Crippen LogP contribution is 2.22. The Morgan fingerprint density at radius 2 is 2.32 bits per heavy atom. The highest BCUT2D eigenvalue weighted by Gasteiger charge is 2.31. The van der Waals surface area contributed by atoms with Gasteiger partial charge in [0.1, 0.15) is 4.90 Å². The first-order valence-corrected chi connectivity index (χ1v) is 7.80. The molecule has 0 aliphatic carbocycles. The van der Waals surface area contributed by atoms with Crippen LogP contribution in [-0.4, -0.2) is 48.7 Å². The molecule has 0 aromatic carbocycles. The first kappa shape index (κ1) is 14.5. The van der Waals surface area contributed by atoms with E-state index in [0.29, 0.717) is 25.5 Å². The first-order valence-electron chi connectivity index (χ1n) is 6.36. The number of hydrogen-bond donors (Lipinski definition) is 1. The minimum Gasteiger partial charge on any atom is -0.390 e. The summed E-state index contributed by atoms with van der Waals surface area (Å²) >= 11 is 0. The van der Waals surface area contributed by atoms with E-state index in [2.05, 4.69) is 0 Å². The van der Waals surface area contributed by atoms with Gasteiger partial charge in [-0.05, 0) is 19.4 Å². The molecule has 0 radical (unpaired) electrons. The fourth-order valence-electron chi connectivity index (χ4n) is 2.26. The summed E-state index contributed by atoms with van der Waals surface area (Å²) in [6.45, 7) is 3.41. The molecule has 0 saturated carbocycles. The van der Waals surface area contributed by atoms with Gasteiger partial charge in [0, 0.05) is 32.1 Å². The molecule has 19 heavy (non-hydrogen) atoms. The van der Waals surface area contributed by atoms with Crippen LogP contribution in [0, 0.1) is 0 Å². The fourth-order valence-corrected chi connectivity index (χ4v) is 3.70. The van der Waals surface area contributed by atoms with Crippen LogP contribution in [0.3, 0.4) is 0 Å². The molecule has 7 heteroatoms. The Morgan fingerprint density at radius 3 is 2.79 bits per heavy atom. The topological polar surface area (TPSA) is 71.8 Å². The molecule has 0 bridgehead atoms. The van der Waals surface area contributed by atoms with Gasteiger partial charge < -0.3 is 14.4 Å². The Bertz CT molecular complexity index is 510. The van der Waals surface area contributed by atoms with Crippen molar-refractivity contribution >= 4 is 10.0 Å². The highest BCUT2D eigenvalue weighted by molar-refractivity contribution is 7.89. The van der Waals surface area contributed by atoms with Crippen LogP contribution in [0.5, 0.6) is 0 Å². The fraction of sp³-hybridized carbons (Fsp3) is 0.667. The number of ether oxygens (including phenoxy) is 1. The molecular weight excluding hydrogens is 268 g/mol. The van der Waals surface area contributed by atoms with Gasteiger partial charge in [-0.25, -0.2) is 8.42 Å². The summed E-state index contributed by atoms with van der Waals surface area (Å²) in [5, 5.41) is 9.23. The maximum absolute atomic E-state index is 12.5. The largest absolute Gasteiger partial charge is 0.390 e.